The monoisotopic (exact) mass is 426 g/mol. The lowest BCUT2D eigenvalue weighted by Crippen LogP contribution is -2.30. The lowest BCUT2D eigenvalue weighted by molar-refractivity contribution is 0.475. The number of aromatic nitrogens is 2. The highest BCUT2D eigenvalue weighted by Gasteiger charge is 2.42. The summed E-state index contributed by atoms with van der Waals surface area (Å²) in [7, 11) is 0. The van der Waals surface area contributed by atoms with Crippen molar-refractivity contribution in [2.24, 2.45) is 0 Å². The van der Waals surface area contributed by atoms with Crippen LogP contribution in [0.3, 0.4) is 0 Å². The van der Waals surface area contributed by atoms with Crippen LogP contribution in [0.5, 0.6) is 5.75 Å². The minimum absolute atomic E-state index is 0.124. The molecule has 0 unspecified atom stereocenters. The van der Waals surface area contributed by atoms with Crippen LogP contribution in [0.15, 0.2) is 91.1 Å². The Morgan fingerprint density at radius 2 is 1.61 bits per heavy atom. The Morgan fingerprint density at radius 1 is 0.871 bits per heavy atom. The van der Waals surface area contributed by atoms with E-state index in [4.69, 9.17) is 12.2 Å². The van der Waals surface area contributed by atoms with Gasteiger partial charge in [-0.25, -0.2) is 0 Å². The predicted molar refractivity (Wildman–Crippen MR) is 127 cm³/mol. The van der Waals surface area contributed by atoms with Gasteiger partial charge in [0.25, 0.3) is 0 Å². The molecule has 3 heterocycles. The first-order chi connectivity index (χ1) is 15.1. The molecule has 1 aliphatic heterocycles. The van der Waals surface area contributed by atoms with Gasteiger partial charge < -0.3 is 19.9 Å². The van der Waals surface area contributed by atoms with Crippen LogP contribution in [-0.4, -0.2) is 19.8 Å². The van der Waals surface area contributed by atoms with Crippen LogP contribution in [0.25, 0.3) is 5.69 Å². The molecule has 0 radical (unpaired) electrons. The molecule has 31 heavy (non-hydrogen) atoms. The van der Waals surface area contributed by atoms with E-state index in [2.05, 4.69) is 51.0 Å². The van der Waals surface area contributed by atoms with Crippen molar-refractivity contribution in [3.63, 3.8) is 0 Å². The molecule has 4 aromatic rings. The van der Waals surface area contributed by atoms with Crippen molar-refractivity contribution >= 4 is 23.0 Å². The van der Waals surface area contributed by atoms with E-state index in [0.717, 1.165) is 28.5 Å². The van der Waals surface area contributed by atoms with Crippen molar-refractivity contribution in [3.8, 4) is 11.4 Å². The number of nitrogens with one attached hydrogen (secondary N) is 1. The molecule has 1 aliphatic rings. The van der Waals surface area contributed by atoms with E-state index in [1.165, 1.54) is 0 Å². The molecular formula is C25H22N4OS. The average Bonchev–Trinajstić information content (AvgIpc) is 3.35. The molecule has 154 valence electrons. The summed E-state index contributed by atoms with van der Waals surface area (Å²) in [5.41, 5.74) is 5.19. The van der Waals surface area contributed by atoms with Gasteiger partial charge in [-0.15, -0.1) is 0 Å². The molecular weight excluding hydrogens is 404 g/mol. The number of phenols is 1. The van der Waals surface area contributed by atoms with Crippen molar-refractivity contribution in [1.82, 2.24) is 14.9 Å². The number of hydrogen-bond acceptors (Lipinski definition) is 3. The molecule has 0 amide bonds. The van der Waals surface area contributed by atoms with Gasteiger partial charge >= 0.3 is 0 Å². The largest absolute Gasteiger partial charge is 0.508 e. The Labute approximate surface area is 186 Å². The molecule has 0 bridgehead atoms. The van der Waals surface area contributed by atoms with Crippen LogP contribution >= 0.6 is 12.2 Å². The second-order valence-corrected chi connectivity index (χ2v) is 7.97. The third-order valence-corrected chi connectivity index (χ3v) is 5.96. The van der Waals surface area contributed by atoms with Crippen molar-refractivity contribution in [2.75, 3.05) is 4.90 Å². The van der Waals surface area contributed by atoms with Gasteiger partial charge in [0.2, 0.25) is 0 Å². The predicted octanol–water partition coefficient (Wildman–Crippen LogP) is 5.06. The Hall–Kier alpha value is -3.64. The van der Waals surface area contributed by atoms with Crippen molar-refractivity contribution < 1.29 is 5.11 Å². The van der Waals surface area contributed by atoms with Gasteiger partial charge in [0, 0.05) is 29.0 Å². The van der Waals surface area contributed by atoms with E-state index < -0.39 is 0 Å². The third kappa shape index (κ3) is 3.45. The van der Waals surface area contributed by atoms with Crippen LogP contribution < -0.4 is 10.2 Å². The van der Waals surface area contributed by atoms with Gasteiger partial charge in [-0.3, -0.25) is 4.98 Å². The van der Waals surface area contributed by atoms with Crippen LogP contribution in [0.2, 0.25) is 0 Å². The van der Waals surface area contributed by atoms with E-state index in [0.29, 0.717) is 5.11 Å². The molecule has 6 heteroatoms. The van der Waals surface area contributed by atoms with Crippen LogP contribution in [-0.2, 0) is 0 Å². The first-order valence-electron chi connectivity index (χ1n) is 10.2. The summed E-state index contributed by atoms with van der Waals surface area (Å²) < 4.78 is 2.27. The third-order valence-electron chi connectivity index (χ3n) is 5.65. The lowest BCUT2D eigenvalue weighted by Gasteiger charge is -2.29. The first kappa shape index (κ1) is 19.3. The average molecular weight is 427 g/mol. The van der Waals surface area contributed by atoms with Gasteiger partial charge in [0.15, 0.2) is 5.11 Å². The van der Waals surface area contributed by atoms with Crippen LogP contribution in [0, 0.1) is 6.92 Å². The zero-order valence-electron chi connectivity index (χ0n) is 17.0. The number of thiocarbonyl (C=S) groups is 1. The highest BCUT2D eigenvalue weighted by molar-refractivity contribution is 7.80. The standard InChI is InChI=1S/C25H22N4OS/c1-17-10-15-22(28(17)18-7-3-2-4-8-18)24-23(21-9-5-6-16-26-21)27-25(31)29(24)19-11-13-20(30)14-12-19/h2-16,23-24,30H,1H3,(H,27,31)/t23-,24+/m1/s1. The Kier molecular flexibility index (Phi) is 4.92. The minimum atomic E-state index is -0.126. The maximum absolute atomic E-state index is 9.79. The summed E-state index contributed by atoms with van der Waals surface area (Å²) in [5, 5.41) is 13.9. The van der Waals surface area contributed by atoms with Crippen molar-refractivity contribution in [1.29, 1.82) is 0 Å². The SMILES string of the molecule is Cc1ccc([C@H]2[C@@H](c3ccccn3)NC(=S)N2c2ccc(O)cc2)n1-c1ccccc1. The topological polar surface area (TPSA) is 53.3 Å². The molecule has 0 aliphatic carbocycles. The van der Waals surface area contributed by atoms with E-state index in [1.807, 2.05) is 54.7 Å². The molecule has 1 fully saturated rings. The van der Waals surface area contributed by atoms with Gasteiger partial charge in [-0.2, -0.15) is 0 Å². The number of hydrogen-bond donors (Lipinski definition) is 2. The zero-order chi connectivity index (χ0) is 21.4. The summed E-state index contributed by atoms with van der Waals surface area (Å²) in [6, 6.07) is 27.5. The van der Waals surface area contributed by atoms with Crippen molar-refractivity contribution in [2.45, 2.75) is 19.0 Å². The number of para-hydroxylation sites is 1. The molecule has 0 saturated carbocycles. The van der Waals surface area contributed by atoms with Gasteiger partial charge in [0.05, 0.1) is 11.7 Å². The maximum Gasteiger partial charge on any atom is 0.174 e. The summed E-state index contributed by atoms with van der Waals surface area (Å²) in [5.74, 6) is 0.225. The van der Waals surface area contributed by atoms with Crippen LogP contribution in [0.1, 0.15) is 29.2 Å². The number of phenolic OH excluding ortho intramolecular Hbond substituents is 1. The number of aryl methyl sites for hydroxylation is 1. The van der Waals surface area contributed by atoms with Crippen LogP contribution in [0.4, 0.5) is 5.69 Å². The summed E-state index contributed by atoms with van der Waals surface area (Å²) in [6.07, 6.45) is 1.81. The Bertz CT molecular complexity index is 1210. The quantitative estimate of drug-likeness (QED) is 0.447. The Balaban J connectivity index is 1.70. The van der Waals surface area contributed by atoms with E-state index in [-0.39, 0.29) is 17.8 Å². The molecule has 5 nitrogen and oxygen atoms in total. The Morgan fingerprint density at radius 3 is 2.32 bits per heavy atom. The molecule has 2 aromatic carbocycles. The highest BCUT2D eigenvalue weighted by atomic mass is 32.1. The highest BCUT2D eigenvalue weighted by Crippen LogP contribution is 2.42. The number of nitrogens with zero attached hydrogens (tertiary/aromatic N) is 3. The second kappa shape index (κ2) is 7.89. The second-order valence-electron chi connectivity index (χ2n) is 7.58. The number of aromatic hydroxyl groups is 1. The number of rotatable bonds is 4. The van der Waals surface area contributed by atoms with E-state index >= 15 is 0 Å². The maximum atomic E-state index is 9.79. The number of benzene rings is 2. The molecule has 1 saturated heterocycles. The number of anilines is 1. The molecule has 0 spiro atoms. The molecule has 2 N–H and O–H groups in total. The smallest absolute Gasteiger partial charge is 0.174 e. The van der Waals surface area contributed by atoms with Gasteiger partial charge in [-0.05, 0) is 79.8 Å². The van der Waals surface area contributed by atoms with Gasteiger partial charge in [0.1, 0.15) is 11.8 Å². The molecule has 5 rings (SSSR count). The fourth-order valence-corrected chi connectivity index (χ4v) is 4.61. The summed E-state index contributed by atoms with van der Waals surface area (Å²) >= 11 is 5.79. The summed E-state index contributed by atoms with van der Waals surface area (Å²) in [6.45, 7) is 2.11. The fraction of sp³-hybridized carbons (Fsp3) is 0.120. The van der Waals surface area contributed by atoms with E-state index in [1.54, 1.807) is 12.1 Å². The first-order valence-corrected chi connectivity index (χ1v) is 10.6. The zero-order valence-corrected chi connectivity index (χ0v) is 17.8. The van der Waals surface area contributed by atoms with Gasteiger partial charge in [-0.1, -0.05) is 24.3 Å². The minimum Gasteiger partial charge on any atom is -0.508 e. The number of pyridine rings is 1. The lowest BCUT2D eigenvalue weighted by atomic mass is 10.0. The molecule has 2 atom stereocenters. The van der Waals surface area contributed by atoms with Crippen molar-refractivity contribution in [3.05, 3.63) is 108 Å². The summed E-state index contributed by atoms with van der Waals surface area (Å²) in [4.78, 5) is 6.74. The fourth-order valence-electron chi connectivity index (χ4n) is 4.27. The normalized spacial score (nSPS) is 18.2. The van der Waals surface area contributed by atoms with E-state index in [9.17, 15) is 5.11 Å². The molecule has 2 aromatic heterocycles.